The fourth-order valence-corrected chi connectivity index (χ4v) is 1.83. The second kappa shape index (κ2) is 4.88. The summed E-state index contributed by atoms with van der Waals surface area (Å²) in [6, 6.07) is 7.24. The molecule has 1 aromatic rings. The molecule has 0 bridgehead atoms. The highest BCUT2D eigenvalue weighted by molar-refractivity contribution is 5.75. The number of nitrogens with zero attached hydrogens (tertiary/aromatic N) is 1. The number of likely N-dealkylation sites (N-methyl/N-ethyl adjacent to an activating group) is 1. The number of hydrogen-bond acceptors (Lipinski definition) is 2. The summed E-state index contributed by atoms with van der Waals surface area (Å²) in [6.07, 6.45) is 0. The minimum absolute atomic E-state index is 0.0926. The van der Waals surface area contributed by atoms with Gasteiger partial charge in [0.25, 0.3) is 0 Å². The molecule has 1 aromatic carbocycles. The Kier molecular flexibility index (Phi) is 3.94. The lowest BCUT2D eigenvalue weighted by Gasteiger charge is -2.23. The van der Waals surface area contributed by atoms with E-state index < -0.39 is 12.0 Å². The van der Waals surface area contributed by atoms with Gasteiger partial charge in [-0.25, -0.2) is 0 Å². The zero-order valence-electron chi connectivity index (χ0n) is 11.2. The number of carbonyl (C=O) groups is 1. The lowest BCUT2D eigenvalue weighted by atomic mass is 9.86. The molecule has 0 heterocycles. The Morgan fingerprint density at radius 2 is 1.65 bits per heavy atom. The van der Waals surface area contributed by atoms with Gasteiger partial charge in [-0.15, -0.1) is 0 Å². The van der Waals surface area contributed by atoms with Crippen LogP contribution in [0.5, 0.6) is 0 Å². The van der Waals surface area contributed by atoms with Crippen LogP contribution < -0.4 is 0 Å². The average Bonchev–Trinajstić information content (AvgIpc) is 2.15. The predicted octanol–water partition coefficient (Wildman–Crippen LogP) is 2.67. The average molecular weight is 235 g/mol. The van der Waals surface area contributed by atoms with Crippen molar-refractivity contribution in [1.82, 2.24) is 4.90 Å². The Labute approximate surface area is 103 Å². The summed E-state index contributed by atoms with van der Waals surface area (Å²) in [7, 11) is 3.55. The lowest BCUT2D eigenvalue weighted by molar-refractivity contribution is -0.142. The van der Waals surface area contributed by atoms with Gasteiger partial charge in [-0.3, -0.25) is 9.69 Å². The number of carboxylic acid groups (broad SMARTS) is 1. The van der Waals surface area contributed by atoms with E-state index in [1.807, 2.05) is 24.3 Å². The maximum absolute atomic E-state index is 11.2. The molecule has 0 aromatic heterocycles. The molecule has 0 amide bonds. The van der Waals surface area contributed by atoms with Crippen molar-refractivity contribution in [2.45, 2.75) is 32.2 Å². The van der Waals surface area contributed by atoms with E-state index in [1.54, 1.807) is 19.0 Å². The molecule has 0 aliphatic rings. The van der Waals surface area contributed by atoms with Crippen molar-refractivity contribution in [2.24, 2.45) is 0 Å². The van der Waals surface area contributed by atoms with Crippen LogP contribution in [0, 0.1) is 0 Å². The molecule has 3 heteroatoms. The van der Waals surface area contributed by atoms with Crippen molar-refractivity contribution < 1.29 is 9.90 Å². The number of carboxylic acids is 1. The van der Waals surface area contributed by atoms with Gasteiger partial charge < -0.3 is 5.11 Å². The molecule has 94 valence electrons. The molecule has 0 aliphatic carbocycles. The van der Waals surface area contributed by atoms with Gasteiger partial charge in [0.05, 0.1) is 0 Å². The zero-order chi connectivity index (χ0) is 13.2. The summed E-state index contributed by atoms with van der Waals surface area (Å²) >= 11 is 0. The molecular weight excluding hydrogens is 214 g/mol. The standard InChI is InChI=1S/C14H21NO2/c1-14(2,3)11-8-6-10(7-9-11)12(13(16)17)15(4)5/h6-9,12H,1-5H3,(H,16,17). The maximum atomic E-state index is 11.2. The van der Waals surface area contributed by atoms with Crippen LogP contribution in [-0.4, -0.2) is 30.1 Å². The second-order valence-corrected chi connectivity index (χ2v) is 5.58. The van der Waals surface area contributed by atoms with Gasteiger partial charge in [0, 0.05) is 0 Å². The molecule has 0 spiro atoms. The van der Waals surface area contributed by atoms with Crippen LogP contribution in [0.4, 0.5) is 0 Å². The fourth-order valence-electron chi connectivity index (χ4n) is 1.83. The first-order valence-electron chi connectivity index (χ1n) is 5.73. The number of aliphatic carboxylic acids is 1. The van der Waals surface area contributed by atoms with E-state index in [0.29, 0.717) is 0 Å². The quantitative estimate of drug-likeness (QED) is 0.875. The van der Waals surface area contributed by atoms with Crippen LogP contribution in [-0.2, 0) is 10.2 Å². The monoisotopic (exact) mass is 235 g/mol. The van der Waals surface area contributed by atoms with Gasteiger partial charge in [-0.1, -0.05) is 45.0 Å². The van der Waals surface area contributed by atoms with Crippen LogP contribution in [0.2, 0.25) is 0 Å². The first-order chi connectivity index (χ1) is 7.73. The van der Waals surface area contributed by atoms with E-state index in [9.17, 15) is 9.90 Å². The molecule has 3 nitrogen and oxygen atoms in total. The van der Waals surface area contributed by atoms with Crippen LogP contribution >= 0.6 is 0 Å². The van der Waals surface area contributed by atoms with Crippen molar-refractivity contribution in [1.29, 1.82) is 0 Å². The summed E-state index contributed by atoms with van der Waals surface area (Å²) in [5.41, 5.74) is 2.12. The van der Waals surface area contributed by atoms with E-state index in [-0.39, 0.29) is 5.41 Å². The van der Waals surface area contributed by atoms with Crippen LogP contribution in [0.25, 0.3) is 0 Å². The molecule has 0 saturated heterocycles. The van der Waals surface area contributed by atoms with Crippen LogP contribution in [0.1, 0.15) is 37.9 Å². The Balaban J connectivity index is 3.05. The highest BCUT2D eigenvalue weighted by atomic mass is 16.4. The van der Waals surface area contributed by atoms with Crippen LogP contribution in [0.3, 0.4) is 0 Å². The minimum Gasteiger partial charge on any atom is -0.480 e. The van der Waals surface area contributed by atoms with E-state index >= 15 is 0 Å². The van der Waals surface area contributed by atoms with Gasteiger partial charge in [0.15, 0.2) is 0 Å². The Morgan fingerprint density at radius 1 is 1.18 bits per heavy atom. The summed E-state index contributed by atoms with van der Waals surface area (Å²) in [5, 5.41) is 9.18. The topological polar surface area (TPSA) is 40.5 Å². The molecular formula is C14H21NO2. The third kappa shape index (κ3) is 3.30. The van der Waals surface area contributed by atoms with Gasteiger partial charge in [-0.05, 0) is 30.6 Å². The van der Waals surface area contributed by atoms with Crippen molar-refractivity contribution in [2.75, 3.05) is 14.1 Å². The number of rotatable bonds is 3. The van der Waals surface area contributed by atoms with Crippen molar-refractivity contribution >= 4 is 5.97 Å². The highest BCUT2D eigenvalue weighted by Gasteiger charge is 2.22. The van der Waals surface area contributed by atoms with Gasteiger partial charge in [0.1, 0.15) is 6.04 Å². The Hall–Kier alpha value is -1.35. The zero-order valence-corrected chi connectivity index (χ0v) is 11.2. The molecule has 1 unspecified atom stereocenters. The number of benzene rings is 1. The maximum Gasteiger partial charge on any atom is 0.325 e. The second-order valence-electron chi connectivity index (χ2n) is 5.58. The van der Waals surface area contributed by atoms with Crippen molar-refractivity contribution in [3.8, 4) is 0 Å². The Morgan fingerprint density at radius 3 is 1.94 bits per heavy atom. The summed E-state index contributed by atoms with van der Waals surface area (Å²) in [4.78, 5) is 12.9. The van der Waals surface area contributed by atoms with E-state index in [0.717, 1.165) is 5.56 Å². The molecule has 0 fully saturated rings. The molecule has 1 rings (SSSR count). The molecule has 0 radical (unpaired) electrons. The van der Waals surface area contributed by atoms with Crippen LogP contribution in [0.15, 0.2) is 24.3 Å². The molecule has 0 saturated carbocycles. The summed E-state index contributed by atoms with van der Waals surface area (Å²) in [6.45, 7) is 6.42. The third-order valence-corrected chi connectivity index (χ3v) is 2.84. The highest BCUT2D eigenvalue weighted by Crippen LogP contribution is 2.25. The van der Waals surface area contributed by atoms with E-state index in [1.165, 1.54) is 5.56 Å². The summed E-state index contributed by atoms with van der Waals surface area (Å²) < 4.78 is 0. The first kappa shape index (κ1) is 13.7. The van der Waals surface area contributed by atoms with Gasteiger partial charge in [0.2, 0.25) is 0 Å². The minimum atomic E-state index is -0.821. The molecule has 17 heavy (non-hydrogen) atoms. The smallest absolute Gasteiger partial charge is 0.325 e. The predicted molar refractivity (Wildman–Crippen MR) is 69.2 cm³/mol. The summed E-state index contributed by atoms with van der Waals surface area (Å²) in [5.74, 6) is -0.821. The van der Waals surface area contributed by atoms with Gasteiger partial charge >= 0.3 is 5.97 Å². The molecule has 1 N–H and O–H groups in total. The Bertz CT molecular complexity index is 388. The van der Waals surface area contributed by atoms with E-state index in [2.05, 4.69) is 20.8 Å². The third-order valence-electron chi connectivity index (χ3n) is 2.84. The number of hydrogen-bond donors (Lipinski definition) is 1. The first-order valence-corrected chi connectivity index (χ1v) is 5.73. The van der Waals surface area contributed by atoms with Gasteiger partial charge in [-0.2, -0.15) is 0 Å². The van der Waals surface area contributed by atoms with E-state index in [4.69, 9.17) is 0 Å². The lowest BCUT2D eigenvalue weighted by Crippen LogP contribution is -2.27. The molecule has 1 atom stereocenters. The SMILES string of the molecule is CN(C)C(C(=O)O)c1ccc(C(C)(C)C)cc1. The normalized spacial score (nSPS) is 13.8. The largest absolute Gasteiger partial charge is 0.480 e. The fraction of sp³-hybridized carbons (Fsp3) is 0.500. The van der Waals surface area contributed by atoms with Crippen molar-refractivity contribution in [3.63, 3.8) is 0 Å². The molecule has 0 aliphatic heterocycles. The van der Waals surface area contributed by atoms with Crippen molar-refractivity contribution in [3.05, 3.63) is 35.4 Å².